The number of fused-ring (bicyclic) bond motifs is 1. The number of ether oxygens (including phenoxy) is 1. The lowest BCUT2D eigenvalue weighted by Gasteiger charge is -2.39. The Hall–Kier alpha value is -3.15. The van der Waals surface area contributed by atoms with Gasteiger partial charge in [-0.2, -0.15) is 0 Å². The average molecular weight is 353 g/mol. The third-order valence-electron chi connectivity index (χ3n) is 4.32. The zero-order valence-corrected chi connectivity index (χ0v) is 14.8. The van der Waals surface area contributed by atoms with Gasteiger partial charge in [-0.1, -0.05) is 12.1 Å². The molecule has 0 saturated carbocycles. The quantitative estimate of drug-likeness (QED) is 0.853. The van der Waals surface area contributed by atoms with Gasteiger partial charge in [0, 0.05) is 5.56 Å². The van der Waals surface area contributed by atoms with Crippen LogP contribution in [0, 0.1) is 0 Å². The zero-order chi connectivity index (χ0) is 19.1. The van der Waals surface area contributed by atoms with E-state index in [9.17, 15) is 14.4 Å². The van der Waals surface area contributed by atoms with Crippen LogP contribution in [0.1, 0.15) is 47.1 Å². The van der Waals surface area contributed by atoms with E-state index >= 15 is 0 Å². The number of hydrogen-bond donors (Lipinski definition) is 1. The Morgan fingerprint density at radius 3 is 2.27 bits per heavy atom. The molecule has 6 nitrogen and oxygen atoms in total. The summed E-state index contributed by atoms with van der Waals surface area (Å²) < 4.78 is 5.80. The van der Waals surface area contributed by atoms with Crippen molar-refractivity contribution in [3.8, 4) is 5.75 Å². The third kappa shape index (κ3) is 3.18. The van der Waals surface area contributed by atoms with Gasteiger partial charge in [0.25, 0.3) is 5.91 Å². The Bertz CT molecular complexity index is 899. The molecular formula is C20H19NO5. The van der Waals surface area contributed by atoms with Crippen molar-refractivity contribution in [3.05, 3.63) is 59.2 Å². The molecule has 0 fully saturated rings. The van der Waals surface area contributed by atoms with E-state index in [2.05, 4.69) is 0 Å². The second-order valence-corrected chi connectivity index (χ2v) is 6.74. The minimum Gasteiger partial charge on any atom is -0.478 e. The fourth-order valence-corrected chi connectivity index (χ4v) is 2.88. The Balaban J connectivity index is 2.01. The average Bonchev–Trinajstić information content (AvgIpc) is 2.58. The lowest BCUT2D eigenvalue weighted by molar-refractivity contribution is -0.132. The van der Waals surface area contributed by atoms with Crippen LogP contribution in [0.25, 0.3) is 0 Å². The normalized spacial score (nSPS) is 15.2. The highest BCUT2D eigenvalue weighted by atomic mass is 16.5. The molecule has 2 aromatic rings. The van der Waals surface area contributed by atoms with Crippen LogP contribution in [-0.2, 0) is 11.3 Å². The number of Topliss-reactive ketones (excluding diaryl/α,β-unsaturated/α-hetero) is 1. The second-order valence-electron chi connectivity index (χ2n) is 6.74. The van der Waals surface area contributed by atoms with E-state index in [4.69, 9.17) is 9.84 Å². The maximum absolute atomic E-state index is 12.9. The van der Waals surface area contributed by atoms with Crippen molar-refractivity contribution in [2.75, 3.05) is 4.90 Å². The molecule has 0 aromatic heterocycles. The minimum absolute atomic E-state index is 0.101. The summed E-state index contributed by atoms with van der Waals surface area (Å²) in [7, 11) is 0. The van der Waals surface area contributed by atoms with Crippen molar-refractivity contribution in [2.45, 2.75) is 32.9 Å². The number of carboxylic acid groups (broad SMARTS) is 1. The van der Waals surface area contributed by atoms with Gasteiger partial charge in [-0.3, -0.25) is 9.59 Å². The van der Waals surface area contributed by atoms with Crippen molar-refractivity contribution in [2.24, 2.45) is 0 Å². The van der Waals surface area contributed by atoms with Crippen LogP contribution < -0.4 is 9.64 Å². The fourth-order valence-electron chi connectivity index (χ4n) is 2.88. The van der Waals surface area contributed by atoms with E-state index in [1.807, 2.05) is 0 Å². The number of carbonyl (C=O) groups is 3. The molecule has 1 aliphatic heterocycles. The maximum Gasteiger partial charge on any atom is 0.335 e. The van der Waals surface area contributed by atoms with Crippen LogP contribution in [0.4, 0.5) is 5.69 Å². The minimum atomic E-state index is -1.04. The first kappa shape index (κ1) is 17.7. The number of carbonyl (C=O) groups excluding carboxylic acids is 2. The molecule has 6 heteroatoms. The summed E-state index contributed by atoms with van der Waals surface area (Å²) in [5, 5.41) is 9.01. The first-order valence-corrected chi connectivity index (χ1v) is 8.17. The highest BCUT2D eigenvalue weighted by Gasteiger charge is 2.41. The van der Waals surface area contributed by atoms with Crippen LogP contribution in [-0.4, -0.2) is 28.4 Å². The molecule has 0 bridgehead atoms. The summed E-state index contributed by atoms with van der Waals surface area (Å²) >= 11 is 0. The number of carboxylic acids is 1. The van der Waals surface area contributed by atoms with Crippen molar-refractivity contribution in [1.82, 2.24) is 0 Å². The molecular weight excluding hydrogens is 334 g/mol. The van der Waals surface area contributed by atoms with E-state index in [0.29, 0.717) is 17.0 Å². The van der Waals surface area contributed by atoms with Gasteiger partial charge in [-0.15, -0.1) is 0 Å². The molecule has 1 amide bonds. The van der Waals surface area contributed by atoms with Crippen LogP contribution in [0.5, 0.6) is 5.75 Å². The second kappa shape index (κ2) is 6.29. The van der Waals surface area contributed by atoms with Gasteiger partial charge < -0.3 is 14.7 Å². The smallest absolute Gasteiger partial charge is 0.335 e. The molecule has 2 aromatic carbocycles. The van der Waals surface area contributed by atoms with Gasteiger partial charge in [0.05, 0.1) is 17.8 Å². The maximum atomic E-state index is 12.9. The molecule has 1 heterocycles. The van der Waals surface area contributed by atoms with Crippen molar-refractivity contribution in [3.63, 3.8) is 0 Å². The number of aromatic carboxylic acids is 1. The molecule has 3 rings (SSSR count). The summed E-state index contributed by atoms with van der Waals surface area (Å²) in [4.78, 5) is 37.2. The molecule has 0 spiro atoms. The van der Waals surface area contributed by atoms with Crippen LogP contribution >= 0.6 is 0 Å². The molecule has 26 heavy (non-hydrogen) atoms. The van der Waals surface area contributed by atoms with E-state index < -0.39 is 11.6 Å². The fraction of sp³-hybridized carbons (Fsp3) is 0.250. The molecule has 0 atom stereocenters. The monoisotopic (exact) mass is 353 g/mol. The topological polar surface area (TPSA) is 83.9 Å². The summed E-state index contributed by atoms with van der Waals surface area (Å²) in [5.41, 5.74) is 0.948. The highest BCUT2D eigenvalue weighted by molar-refractivity contribution is 6.04. The van der Waals surface area contributed by atoms with Crippen molar-refractivity contribution < 1.29 is 24.2 Å². The highest BCUT2D eigenvalue weighted by Crippen LogP contribution is 2.39. The SMILES string of the molecule is CC(=O)c1ccc2c(c1)N(Cc1ccc(C(=O)O)cc1)C(=O)C(C)(C)O2. The first-order chi connectivity index (χ1) is 12.2. The lowest BCUT2D eigenvalue weighted by Crippen LogP contribution is -2.52. The Morgan fingerprint density at radius 2 is 1.69 bits per heavy atom. The van der Waals surface area contributed by atoms with Crippen molar-refractivity contribution in [1.29, 1.82) is 0 Å². The standard InChI is InChI=1S/C20H19NO5/c1-12(22)15-8-9-17-16(10-15)21(19(25)20(2,3)26-17)11-13-4-6-14(7-5-13)18(23)24/h4-10H,11H2,1-3H3,(H,23,24). The predicted molar refractivity (Wildman–Crippen MR) is 95.7 cm³/mol. The number of benzene rings is 2. The van der Waals surface area contributed by atoms with Gasteiger partial charge in [-0.25, -0.2) is 4.79 Å². The van der Waals surface area contributed by atoms with Gasteiger partial charge in [0.1, 0.15) is 5.75 Å². The third-order valence-corrected chi connectivity index (χ3v) is 4.32. The van der Waals surface area contributed by atoms with Gasteiger partial charge >= 0.3 is 5.97 Å². The zero-order valence-electron chi connectivity index (χ0n) is 14.8. The Kier molecular flexibility index (Phi) is 4.28. The molecule has 1 aliphatic rings. The molecule has 134 valence electrons. The number of amides is 1. The van der Waals surface area contributed by atoms with E-state index in [0.717, 1.165) is 5.56 Å². The van der Waals surface area contributed by atoms with E-state index in [1.54, 1.807) is 49.1 Å². The number of ketones is 1. The van der Waals surface area contributed by atoms with Gasteiger partial charge in [0.15, 0.2) is 11.4 Å². The summed E-state index contributed by atoms with van der Waals surface area (Å²) in [6.45, 7) is 5.10. The van der Waals surface area contributed by atoms with Gasteiger partial charge in [-0.05, 0) is 56.7 Å². The molecule has 0 saturated heterocycles. The van der Waals surface area contributed by atoms with Crippen molar-refractivity contribution >= 4 is 23.3 Å². The molecule has 0 unspecified atom stereocenters. The first-order valence-electron chi connectivity index (χ1n) is 8.17. The van der Waals surface area contributed by atoms with Crippen LogP contribution in [0.3, 0.4) is 0 Å². The summed E-state index contributed by atoms with van der Waals surface area (Å²) in [6.07, 6.45) is 0. The van der Waals surface area contributed by atoms with E-state index in [-0.39, 0.29) is 23.8 Å². The van der Waals surface area contributed by atoms with Gasteiger partial charge in [0.2, 0.25) is 0 Å². The van der Waals surface area contributed by atoms with E-state index in [1.165, 1.54) is 19.1 Å². The number of rotatable bonds is 4. The number of nitrogens with zero attached hydrogens (tertiary/aromatic N) is 1. The largest absolute Gasteiger partial charge is 0.478 e. The number of hydrogen-bond acceptors (Lipinski definition) is 4. The predicted octanol–water partition coefficient (Wildman–Crippen LogP) is 3.29. The number of anilines is 1. The summed E-state index contributed by atoms with van der Waals surface area (Å²) in [5.74, 6) is -0.804. The molecule has 1 N–H and O–H groups in total. The molecule has 0 radical (unpaired) electrons. The lowest BCUT2D eigenvalue weighted by atomic mass is 10.0. The Labute approximate surface area is 151 Å². The Morgan fingerprint density at radius 1 is 1.08 bits per heavy atom. The molecule has 0 aliphatic carbocycles. The van der Waals surface area contributed by atoms with Crippen LogP contribution in [0.15, 0.2) is 42.5 Å². The van der Waals surface area contributed by atoms with Crippen LogP contribution in [0.2, 0.25) is 0 Å². The summed E-state index contributed by atoms with van der Waals surface area (Å²) in [6, 6.07) is 11.4.